The average molecular weight is 180 g/mol. The fourth-order valence-electron chi connectivity index (χ4n) is 1.22. The van der Waals surface area contributed by atoms with Crippen LogP contribution < -0.4 is 0 Å². The molecule has 1 aromatic rings. The average Bonchev–Trinajstić information content (AvgIpc) is 2.50. The second-order valence-electron chi connectivity index (χ2n) is 4.76. The Morgan fingerprint density at radius 1 is 1.31 bits per heavy atom. The summed E-state index contributed by atoms with van der Waals surface area (Å²) in [6.07, 6.45) is 1.14. The molecule has 0 aromatic carbocycles. The quantitative estimate of drug-likeness (QED) is 0.668. The van der Waals surface area contributed by atoms with Crippen molar-refractivity contribution in [2.45, 2.75) is 52.4 Å². The van der Waals surface area contributed by atoms with Crippen LogP contribution in [0.25, 0.3) is 0 Å². The van der Waals surface area contributed by atoms with Gasteiger partial charge < -0.3 is 4.42 Å². The molecule has 0 fully saturated rings. The van der Waals surface area contributed by atoms with E-state index in [9.17, 15) is 0 Å². The highest BCUT2D eigenvalue weighted by molar-refractivity contribution is 5.16. The Hall–Kier alpha value is -0.720. The van der Waals surface area contributed by atoms with E-state index in [1.807, 2.05) is 0 Å². The molecule has 1 nitrogen and oxygen atoms in total. The molecule has 0 amide bonds. The summed E-state index contributed by atoms with van der Waals surface area (Å²) in [5.41, 5.74) is 0.131. The van der Waals surface area contributed by atoms with E-state index in [0.717, 1.165) is 17.9 Å². The smallest absolute Gasteiger partial charge is 0.109 e. The molecule has 0 spiro atoms. The van der Waals surface area contributed by atoms with E-state index in [4.69, 9.17) is 4.42 Å². The monoisotopic (exact) mass is 180 g/mol. The van der Waals surface area contributed by atoms with Crippen LogP contribution in [0.1, 0.15) is 58.5 Å². The highest BCUT2D eigenvalue weighted by Gasteiger charge is 2.19. The van der Waals surface area contributed by atoms with Gasteiger partial charge in [-0.3, -0.25) is 0 Å². The lowest BCUT2D eigenvalue weighted by atomic mass is 9.94. The van der Waals surface area contributed by atoms with Crippen LogP contribution in [0, 0.1) is 0 Å². The van der Waals surface area contributed by atoms with Crippen LogP contribution in [0.15, 0.2) is 16.5 Å². The third-order valence-corrected chi connectivity index (χ3v) is 2.46. The van der Waals surface area contributed by atoms with Gasteiger partial charge in [0.1, 0.15) is 11.5 Å². The molecule has 0 aliphatic rings. The summed E-state index contributed by atoms with van der Waals surface area (Å²) in [5.74, 6) is 2.74. The van der Waals surface area contributed by atoms with Gasteiger partial charge in [0, 0.05) is 11.3 Å². The molecule has 0 saturated heterocycles. The zero-order valence-electron chi connectivity index (χ0n) is 9.35. The molecule has 0 radical (unpaired) electrons. The molecule has 1 aromatic heterocycles. The van der Waals surface area contributed by atoms with Crippen molar-refractivity contribution < 1.29 is 4.42 Å². The minimum Gasteiger partial charge on any atom is -0.465 e. The van der Waals surface area contributed by atoms with Gasteiger partial charge in [0.05, 0.1) is 0 Å². The number of hydrogen-bond acceptors (Lipinski definition) is 1. The molecule has 1 unspecified atom stereocenters. The minimum atomic E-state index is 0.131. The fraction of sp³-hybridized carbons (Fsp3) is 0.667. The predicted octanol–water partition coefficient (Wildman–Crippen LogP) is 4.09. The van der Waals surface area contributed by atoms with Crippen LogP contribution in [0.4, 0.5) is 0 Å². The van der Waals surface area contributed by atoms with Gasteiger partial charge in [0.15, 0.2) is 0 Å². The highest BCUT2D eigenvalue weighted by atomic mass is 16.3. The maximum absolute atomic E-state index is 5.80. The van der Waals surface area contributed by atoms with Crippen LogP contribution in [0.2, 0.25) is 0 Å². The maximum Gasteiger partial charge on any atom is 0.109 e. The zero-order valence-corrected chi connectivity index (χ0v) is 9.35. The zero-order chi connectivity index (χ0) is 10.1. The first-order valence-corrected chi connectivity index (χ1v) is 5.05. The van der Waals surface area contributed by atoms with E-state index in [2.05, 4.69) is 46.8 Å². The first-order valence-electron chi connectivity index (χ1n) is 5.05. The van der Waals surface area contributed by atoms with Gasteiger partial charge in [0.2, 0.25) is 0 Å². The Labute approximate surface area is 81.1 Å². The maximum atomic E-state index is 5.80. The SMILES string of the molecule is CCC(C)c1ccc(C(C)(C)C)o1. The number of furan rings is 1. The van der Waals surface area contributed by atoms with E-state index in [1.165, 1.54) is 0 Å². The summed E-state index contributed by atoms with van der Waals surface area (Å²) in [5, 5.41) is 0. The summed E-state index contributed by atoms with van der Waals surface area (Å²) in [6.45, 7) is 10.9. The topological polar surface area (TPSA) is 13.1 Å². The van der Waals surface area contributed by atoms with E-state index < -0.39 is 0 Å². The van der Waals surface area contributed by atoms with Crippen molar-refractivity contribution in [3.8, 4) is 0 Å². The molecular weight excluding hydrogens is 160 g/mol. The lowest BCUT2D eigenvalue weighted by Crippen LogP contribution is -2.09. The molecule has 13 heavy (non-hydrogen) atoms. The molecule has 1 atom stereocenters. The van der Waals surface area contributed by atoms with Gasteiger partial charge in [-0.25, -0.2) is 0 Å². The molecule has 74 valence electrons. The highest BCUT2D eigenvalue weighted by Crippen LogP contribution is 2.28. The summed E-state index contributed by atoms with van der Waals surface area (Å²) in [7, 11) is 0. The number of rotatable bonds is 2. The molecule has 1 rings (SSSR count). The van der Waals surface area contributed by atoms with Gasteiger partial charge in [-0.05, 0) is 18.6 Å². The third-order valence-electron chi connectivity index (χ3n) is 2.46. The lowest BCUT2D eigenvalue weighted by molar-refractivity contribution is 0.371. The summed E-state index contributed by atoms with van der Waals surface area (Å²) in [4.78, 5) is 0. The minimum absolute atomic E-state index is 0.131. The Bertz CT molecular complexity index is 265. The van der Waals surface area contributed by atoms with Crippen molar-refractivity contribution in [1.29, 1.82) is 0 Å². The molecule has 0 saturated carbocycles. The van der Waals surface area contributed by atoms with Gasteiger partial charge >= 0.3 is 0 Å². The predicted molar refractivity (Wildman–Crippen MR) is 56.1 cm³/mol. The molecule has 1 heterocycles. The summed E-state index contributed by atoms with van der Waals surface area (Å²) in [6, 6.07) is 4.20. The summed E-state index contributed by atoms with van der Waals surface area (Å²) >= 11 is 0. The first kappa shape index (κ1) is 10.4. The van der Waals surface area contributed by atoms with Crippen LogP contribution in [-0.4, -0.2) is 0 Å². The molecule has 0 aliphatic heterocycles. The van der Waals surface area contributed by atoms with Crippen molar-refractivity contribution in [3.63, 3.8) is 0 Å². The van der Waals surface area contributed by atoms with Gasteiger partial charge in [-0.1, -0.05) is 34.6 Å². The normalized spacial score (nSPS) is 14.5. The second-order valence-corrected chi connectivity index (χ2v) is 4.76. The van der Waals surface area contributed by atoms with E-state index in [1.54, 1.807) is 0 Å². The largest absolute Gasteiger partial charge is 0.465 e. The van der Waals surface area contributed by atoms with Gasteiger partial charge in [-0.15, -0.1) is 0 Å². The van der Waals surface area contributed by atoms with Gasteiger partial charge in [-0.2, -0.15) is 0 Å². The Morgan fingerprint density at radius 2 is 1.92 bits per heavy atom. The second kappa shape index (κ2) is 3.57. The van der Waals surface area contributed by atoms with E-state index in [0.29, 0.717) is 5.92 Å². The molecule has 0 aliphatic carbocycles. The van der Waals surface area contributed by atoms with Crippen molar-refractivity contribution in [1.82, 2.24) is 0 Å². The lowest BCUT2D eigenvalue weighted by Gasteiger charge is -2.14. The Morgan fingerprint density at radius 3 is 2.31 bits per heavy atom. The standard InChI is InChI=1S/C12H20O/c1-6-9(2)10-7-8-11(13-10)12(3,4)5/h7-9H,6H2,1-5H3. The van der Waals surface area contributed by atoms with Gasteiger partial charge in [0.25, 0.3) is 0 Å². The summed E-state index contributed by atoms with van der Waals surface area (Å²) < 4.78 is 5.80. The Kier molecular flexibility index (Phi) is 2.84. The molecule has 0 N–H and O–H groups in total. The van der Waals surface area contributed by atoms with Crippen LogP contribution in [0.5, 0.6) is 0 Å². The first-order chi connectivity index (χ1) is 5.95. The fourth-order valence-corrected chi connectivity index (χ4v) is 1.22. The van der Waals surface area contributed by atoms with E-state index >= 15 is 0 Å². The van der Waals surface area contributed by atoms with Crippen LogP contribution >= 0.6 is 0 Å². The van der Waals surface area contributed by atoms with E-state index in [-0.39, 0.29) is 5.41 Å². The Balaban J connectivity index is 2.87. The van der Waals surface area contributed by atoms with Crippen molar-refractivity contribution in [2.75, 3.05) is 0 Å². The molecule has 0 bridgehead atoms. The number of hydrogen-bond donors (Lipinski definition) is 0. The van der Waals surface area contributed by atoms with Crippen molar-refractivity contribution in [3.05, 3.63) is 23.7 Å². The third kappa shape index (κ3) is 2.36. The van der Waals surface area contributed by atoms with Crippen molar-refractivity contribution in [2.24, 2.45) is 0 Å². The van der Waals surface area contributed by atoms with Crippen LogP contribution in [0.3, 0.4) is 0 Å². The molecule has 1 heteroatoms. The van der Waals surface area contributed by atoms with Crippen LogP contribution in [-0.2, 0) is 5.41 Å². The molecular formula is C12H20O. The van der Waals surface area contributed by atoms with Crippen molar-refractivity contribution >= 4 is 0 Å².